The van der Waals surface area contributed by atoms with Gasteiger partial charge in [0.05, 0.1) is 23.9 Å². The summed E-state index contributed by atoms with van der Waals surface area (Å²) in [7, 11) is 1.44. The van der Waals surface area contributed by atoms with Gasteiger partial charge >= 0.3 is 0 Å². The van der Waals surface area contributed by atoms with Gasteiger partial charge < -0.3 is 4.74 Å². The van der Waals surface area contributed by atoms with Crippen LogP contribution in [0.5, 0.6) is 5.75 Å². The standard InChI is InChI=1S/C24H21Br2N3O7/c1-36-14-6-4-5-13(9-14)21(30)12-27(22(31)15-7-2-3-8-20(15)29(34)35)28-23(32)16-10-18(25)19(26)11-17(16)24(28)33/h2-9,16-19H,10-12H2,1H3/t16-,17+,18+,19-. The number of ether oxygens (including phenoxy) is 1. The van der Waals surface area contributed by atoms with Crippen LogP contribution >= 0.6 is 31.9 Å². The van der Waals surface area contributed by atoms with Gasteiger partial charge in [0, 0.05) is 21.3 Å². The predicted octanol–water partition coefficient (Wildman–Crippen LogP) is 3.77. The van der Waals surface area contributed by atoms with Gasteiger partial charge in [-0.2, -0.15) is 5.01 Å². The number of nitro groups is 1. The van der Waals surface area contributed by atoms with E-state index in [0.29, 0.717) is 23.6 Å². The van der Waals surface area contributed by atoms with Gasteiger partial charge in [0.2, 0.25) is 0 Å². The van der Waals surface area contributed by atoms with Gasteiger partial charge in [-0.05, 0) is 31.0 Å². The summed E-state index contributed by atoms with van der Waals surface area (Å²) in [4.78, 5) is 64.5. The SMILES string of the molecule is COc1cccc(C(=O)CN(C(=O)c2ccccc2[N+](=O)[O-])N2C(=O)[C@H]3C[C@@H](Br)[C@@H](Br)C[C@H]3C2=O)c1. The third-order valence-electron chi connectivity index (χ3n) is 6.38. The Kier molecular flexibility index (Phi) is 7.55. The first-order valence-corrected chi connectivity index (χ1v) is 12.9. The van der Waals surface area contributed by atoms with Crippen molar-refractivity contribution in [3.05, 3.63) is 69.8 Å². The Morgan fingerprint density at radius 2 is 1.67 bits per heavy atom. The number of imide groups is 1. The molecule has 0 unspecified atom stereocenters. The Balaban J connectivity index is 1.75. The van der Waals surface area contributed by atoms with Gasteiger partial charge in [-0.15, -0.1) is 0 Å². The average Bonchev–Trinajstić information content (AvgIpc) is 3.11. The maximum absolute atomic E-state index is 13.7. The van der Waals surface area contributed by atoms with Crippen molar-refractivity contribution >= 4 is 61.1 Å². The van der Waals surface area contributed by atoms with Crippen molar-refractivity contribution in [2.45, 2.75) is 22.5 Å². The van der Waals surface area contributed by atoms with E-state index in [4.69, 9.17) is 4.74 Å². The third-order valence-corrected chi connectivity index (χ3v) is 9.11. The van der Waals surface area contributed by atoms with Crippen molar-refractivity contribution in [3.8, 4) is 5.75 Å². The van der Waals surface area contributed by atoms with E-state index >= 15 is 0 Å². The van der Waals surface area contributed by atoms with Gasteiger partial charge in [-0.1, -0.05) is 56.1 Å². The van der Waals surface area contributed by atoms with Crippen molar-refractivity contribution < 1.29 is 28.8 Å². The lowest BCUT2D eigenvalue weighted by atomic mass is 9.81. The van der Waals surface area contributed by atoms with E-state index in [1.807, 2.05) is 0 Å². The quantitative estimate of drug-likeness (QED) is 0.151. The second-order valence-corrected chi connectivity index (χ2v) is 10.8. The van der Waals surface area contributed by atoms with Crippen LogP contribution in [0.1, 0.15) is 33.6 Å². The van der Waals surface area contributed by atoms with Crippen molar-refractivity contribution in [1.29, 1.82) is 0 Å². The fourth-order valence-electron chi connectivity index (χ4n) is 4.53. The van der Waals surface area contributed by atoms with E-state index in [1.54, 1.807) is 12.1 Å². The van der Waals surface area contributed by atoms with Gasteiger partial charge in [0.1, 0.15) is 17.9 Å². The number of benzene rings is 2. The van der Waals surface area contributed by atoms with Crippen LogP contribution in [0.3, 0.4) is 0 Å². The first kappa shape index (κ1) is 26.0. The molecule has 36 heavy (non-hydrogen) atoms. The van der Waals surface area contributed by atoms with Crippen molar-refractivity contribution in [1.82, 2.24) is 10.0 Å². The van der Waals surface area contributed by atoms with E-state index < -0.39 is 52.5 Å². The number of para-hydroxylation sites is 1. The van der Waals surface area contributed by atoms with Crippen LogP contribution in [0.25, 0.3) is 0 Å². The number of nitro benzene ring substituents is 1. The number of ketones is 1. The van der Waals surface area contributed by atoms with Crippen LogP contribution in [0.2, 0.25) is 0 Å². The molecule has 12 heteroatoms. The summed E-state index contributed by atoms with van der Waals surface area (Å²) in [6, 6.07) is 11.4. The van der Waals surface area contributed by atoms with Crippen LogP contribution in [0.4, 0.5) is 5.69 Å². The minimum Gasteiger partial charge on any atom is -0.497 e. The molecule has 1 saturated heterocycles. The highest BCUT2D eigenvalue weighted by Crippen LogP contribution is 2.44. The van der Waals surface area contributed by atoms with Gasteiger partial charge in [-0.3, -0.25) is 29.3 Å². The molecule has 10 nitrogen and oxygen atoms in total. The second-order valence-electron chi connectivity index (χ2n) is 8.50. The van der Waals surface area contributed by atoms with Gasteiger partial charge in [0.15, 0.2) is 5.78 Å². The molecule has 2 aromatic rings. The number of rotatable bonds is 7. The molecule has 0 aromatic heterocycles. The minimum atomic E-state index is -0.996. The summed E-state index contributed by atoms with van der Waals surface area (Å²) < 4.78 is 5.15. The molecule has 0 bridgehead atoms. The Hall–Kier alpha value is -3.12. The molecule has 4 atom stereocenters. The molecular weight excluding hydrogens is 602 g/mol. The van der Waals surface area contributed by atoms with Crippen molar-refractivity contribution in [2.75, 3.05) is 13.7 Å². The van der Waals surface area contributed by atoms with Gasteiger partial charge in [0.25, 0.3) is 23.4 Å². The molecule has 0 radical (unpaired) electrons. The lowest BCUT2D eigenvalue weighted by molar-refractivity contribution is -0.385. The zero-order valence-corrected chi connectivity index (χ0v) is 22.2. The molecule has 1 aliphatic carbocycles. The molecule has 1 heterocycles. The summed E-state index contributed by atoms with van der Waals surface area (Å²) in [5.41, 5.74) is -0.653. The number of carbonyl (C=O) groups excluding carboxylic acids is 4. The topological polar surface area (TPSA) is 127 Å². The van der Waals surface area contributed by atoms with Crippen molar-refractivity contribution in [2.24, 2.45) is 11.8 Å². The molecule has 0 N–H and O–H groups in total. The summed E-state index contributed by atoms with van der Waals surface area (Å²) in [6.07, 6.45) is 0.720. The largest absolute Gasteiger partial charge is 0.497 e. The molecule has 2 fully saturated rings. The van der Waals surface area contributed by atoms with E-state index in [9.17, 15) is 29.3 Å². The number of hydrogen-bond donors (Lipinski definition) is 0. The lowest BCUT2D eigenvalue weighted by Gasteiger charge is -2.30. The van der Waals surface area contributed by atoms with Crippen LogP contribution in [0.15, 0.2) is 48.5 Å². The van der Waals surface area contributed by atoms with E-state index in [2.05, 4.69) is 31.9 Å². The lowest BCUT2D eigenvalue weighted by Crippen LogP contribution is -2.52. The number of methoxy groups -OCH3 is 1. The number of hydrazine groups is 1. The number of carbonyl (C=O) groups is 4. The highest BCUT2D eigenvalue weighted by molar-refractivity contribution is 9.12. The fourth-order valence-corrected chi connectivity index (χ4v) is 5.76. The Morgan fingerprint density at radius 1 is 1.06 bits per heavy atom. The molecule has 2 aromatic carbocycles. The molecule has 4 rings (SSSR count). The minimum absolute atomic E-state index is 0.0618. The van der Waals surface area contributed by atoms with Crippen LogP contribution in [0, 0.1) is 22.0 Å². The number of halogens is 2. The van der Waals surface area contributed by atoms with Crippen LogP contribution in [-0.4, -0.2) is 61.8 Å². The normalized spacial score (nSPS) is 23.2. The first-order chi connectivity index (χ1) is 17.1. The molecule has 1 saturated carbocycles. The molecule has 0 spiro atoms. The number of Topliss-reactive ketones (excluding diaryl/α,β-unsaturated/α-hetero) is 1. The number of nitrogens with zero attached hydrogens (tertiary/aromatic N) is 3. The van der Waals surface area contributed by atoms with E-state index in [0.717, 1.165) is 11.1 Å². The Morgan fingerprint density at radius 3 is 2.25 bits per heavy atom. The average molecular weight is 623 g/mol. The Labute approximate surface area is 222 Å². The third kappa shape index (κ3) is 4.79. The smallest absolute Gasteiger partial charge is 0.282 e. The molecule has 188 valence electrons. The monoisotopic (exact) mass is 621 g/mol. The van der Waals surface area contributed by atoms with E-state index in [1.165, 1.54) is 37.4 Å². The number of amides is 3. The summed E-state index contributed by atoms with van der Waals surface area (Å²) >= 11 is 7.04. The number of fused-ring (bicyclic) bond motifs is 1. The number of hydrogen-bond acceptors (Lipinski definition) is 7. The Bertz CT molecular complexity index is 1230. The molecule has 2 aliphatic rings. The van der Waals surface area contributed by atoms with Crippen molar-refractivity contribution in [3.63, 3.8) is 0 Å². The van der Waals surface area contributed by atoms with Crippen LogP contribution in [-0.2, 0) is 9.59 Å². The fraction of sp³-hybridized carbons (Fsp3) is 0.333. The molecule has 3 amide bonds. The highest BCUT2D eigenvalue weighted by atomic mass is 79.9. The summed E-state index contributed by atoms with van der Waals surface area (Å²) in [5.74, 6) is -3.74. The second kappa shape index (κ2) is 10.5. The van der Waals surface area contributed by atoms with E-state index in [-0.39, 0.29) is 20.8 Å². The maximum Gasteiger partial charge on any atom is 0.282 e. The van der Waals surface area contributed by atoms with Crippen LogP contribution < -0.4 is 4.74 Å². The maximum atomic E-state index is 13.7. The highest BCUT2D eigenvalue weighted by Gasteiger charge is 2.55. The van der Waals surface area contributed by atoms with Gasteiger partial charge in [-0.25, -0.2) is 5.01 Å². The predicted molar refractivity (Wildman–Crippen MR) is 135 cm³/mol. The molecule has 1 aliphatic heterocycles. The summed E-state index contributed by atoms with van der Waals surface area (Å²) in [5, 5.41) is 13.0. The zero-order valence-electron chi connectivity index (χ0n) is 19.0. The number of alkyl halides is 2. The molecular formula is C24H21Br2N3O7. The first-order valence-electron chi connectivity index (χ1n) is 11.0. The summed E-state index contributed by atoms with van der Waals surface area (Å²) in [6.45, 7) is -0.676. The zero-order chi connectivity index (χ0) is 26.1.